The third-order valence-electron chi connectivity index (χ3n) is 5.04. The van der Waals surface area contributed by atoms with Crippen LogP contribution in [0.15, 0.2) is 0 Å². The Morgan fingerprint density at radius 3 is 0.556 bits per heavy atom. The van der Waals surface area contributed by atoms with E-state index in [4.69, 9.17) is 11.2 Å². The molecule has 0 saturated heterocycles. The Bertz CT molecular complexity index is 260. The van der Waals surface area contributed by atoms with Gasteiger partial charge in [-0.05, 0) is 0 Å². The average molecular weight is 359 g/mol. The van der Waals surface area contributed by atoms with Gasteiger partial charge in [-0.25, -0.2) is 0 Å². The van der Waals surface area contributed by atoms with Crippen molar-refractivity contribution in [3.05, 3.63) is 0 Å². The van der Waals surface area contributed by atoms with E-state index in [1.807, 2.05) is 0 Å². The van der Waals surface area contributed by atoms with Gasteiger partial charge in [-0.3, -0.25) is 0 Å². The Kier molecular flexibility index (Phi) is 4.94. The molecule has 0 N–H and O–H groups in total. The molecule has 0 amide bonds. The van der Waals surface area contributed by atoms with E-state index in [1.165, 1.54) is 0 Å². The molecule has 0 aromatic rings. The second-order valence-corrected chi connectivity index (χ2v) is 69.4. The summed E-state index contributed by atoms with van der Waals surface area (Å²) in [6.45, 7) is 31.1. The fraction of sp³-hybridized carbons (Fsp3) is 1.00. The van der Waals surface area contributed by atoms with E-state index in [9.17, 15) is 0 Å². The SMILES string of the molecule is C[Si](C)(C)P(Cl)([Si](C)(C)C)([Si](C)(C)C)[Si](C)(C)C. The molecule has 0 aromatic carbocycles. The van der Waals surface area contributed by atoms with E-state index in [1.54, 1.807) is 0 Å². The Balaban J connectivity index is 6.90. The number of halogens is 1. The van der Waals surface area contributed by atoms with Crippen molar-refractivity contribution in [1.82, 2.24) is 0 Å². The summed E-state index contributed by atoms with van der Waals surface area (Å²) in [7, 11) is -5.54. The zero-order chi connectivity index (χ0) is 15.4. The van der Waals surface area contributed by atoms with E-state index in [2.05, 4.69) is 78.6 Å². The van der Waals surface area contributed by atoms with Crippen molar-refractivity contribution in [1.29, 1.82) is 0 Å². The molecule has 0 aliphatic carbocycles. The Morgan fingerprint density at radius 2 is 0.556 bits per heavy atom. The summed E-state index contributed by atoms with van der Waals surface area (Å²) in [5.74, 6) is 0. The van der Waals surface area contributed by atoms with Crippen LogP contribution >= 0.6 is 15.4 Å². The molecule has 0 fully saturated rings. The molecule has 18 heavy (non-hydrogen) atoms. The zero-order valence-electron chi connectivity index (χ0n) is 14.8. The van der Waals surface area contributed by atoms with Crippen LogP contribution in [0.25, 0.3) is 0 Å². The van der Waals surface area contributed by atoms with Crippen molar-refractivity contribution >= 4 is 46.4 Å². The van der Waals surface area contributed by atoms with E-state index < -0.39 is 35.1 Å². The summed E-state index contributed by atoms with van der Waals surface area (Å²) in [5, 5.41) is 0. The molecule has 0 aliphatic heterocycles. The van der Waals surface area contributed by atoms with Crippen molar-refractivity contribution in [3.63, 3.8) is 0 Å². The van der Waals surface area contributed by atoms with E-state index in [0.29, 0.717) is 0 Å². The van der Waals surface area contributed by atoms with Crippen molar-refractivity contribution in [2.75, 3.05) is 0 Å². The van der Waals surface area contributed by atoms with Gasteiger partial charge in [-0.1, -0.05) is 0 Å². The minimum atomic E-state index is -2.08. The van der Waals surface area contributed by atoms with Crippen molar-refractivity contribution < 1.29 is 0 Å². The molecule has 0 spiro atoms. The van der Waals surface area contributed by atoms with Crippen LogP contribution in [0.5, 0.6) is 0 Å². The first-order valence-electron chi connectivity index (χ1n) is 7.06. The van der Waals surface area contributed by atoms with Gasteiger partial charge in [0.25, 0.3) is 0 Å². The number of hydrogen-bond donors (Lipinski definition) is 0. The first-order chi connectivity index (χ1) is 7.34. The molecular formula is C12H36ClPSi4. The molecule has 0 nitrogen and oxygen atoms in total. The summed E-state index contributed by atoms with van der Waals surface area (Å²) >= 11 is 8.08. The second kappa shape index (κ2) is 4.54. The van der Waals surface area contributed by atoms with Gasteiger partial charge in [0.2, 0.25) is 0 Å². The maximum absolute atomic E-state index is 8.08. The van der Waals surface area contributed by atoms with Crippen LogP contribution in [0, 0.1) is 0 Å². The van der Waals surface area contributed by atoms with Crippen LogP contribution in [0.3, 0.4) is 0 Å². The van der Waals surface area contributed by atoms with Crippen LogP contribution in [-0.4, -0.2) is 31.0 Å². The first kappa shape index (κ1) is 19.6. The standard InChI is InChI=1S/C12H36ClPSi4/c1-15(2,3)14(13,16(4,5)6,17(7,8)9)18(10,11)12/h1-12H3. The van der Waals surface area contributed by atoms with Crippen molar-refractivity contribution in [3.8, 4) is 0 Å². The van der Waals surface area contributed by atoms with Gasteiger partial charge in [-0.2, -0.15) is 0 Å². The van der Waals surface area contributed by atoms with Gasteiger partial charge in [0.1, 0.15) is 0 Å². The van der Waals surface area contributed by atoms with E-state index >= 15 is 0 Å². The van der Waals surface area contributed by atoms with Gasteiger partial charge in [0.05, 0.1) is 0 Å². The molecule has 6 heteroatoms. The number of rotatable bonds is 4. The second-order valence-electron chi connectivity index (χ2n) is 9.69. The first-order valence-corrected chi connectivity index (χ1v) is 27.6. The average Bonchev–Trinajstić information content (AvgIpc) is 1.92. The number of hydrogen-bond acceptors (Lipinski definition) is 0. The van der Waals surface area contributed by atoms with Crippen LogP contribution in [0.2, 0.25) is 78.6 Å². The van der Waals surface area contributed by atoms with E-state index in [-0.39, 0.29) is 0 Å². The molecule has 0 aliphatic rings. The van der Waals surface area contributed by atoms with Crippen LogP contribution in [0.1, 0.15) is 0 Å². The fourth-order valence-corrected chi connectivity index (χ4v) is 163. The molecule has 0 saturated carbocycles. The topological polar surface area (TPSA) is 0 Å². The van der Waals surface area contributed by atoms with Crippen molar-refractivity contribution in [2.45, 2.75) is 78.6 Å². The predicted octanol–water partition coefficient (Wildman–Crippen LogP) is 7.03. The van der Waals surface area contributed by atoms with Gasteiger partial charge in [0.15, 0.2) is 0 Å². The molecule has 0 atom stereocenters. The maximum atomic E-state index is 8.08. The summed E-state index contributed by atoms with van der Waals surface area (Å²) in [6, 6.07) is 0. The normalized spacial score (nSPS) is 18.4. The fourth-order valence-electron chi connectivity index (χ4n) is 6.04. The molecule has 112 valence electrons. The Morgan fingerprint density at radius 1 is 0.444 bits per heavy atom. The third kappa shape index (κ3) is 1.97. The van der Waals surface area contributed by atoms with Crippen molar-refractivity contribution in [2.24, 2.45) is 0 Å². The summed E-state index contributed by atoms with van der Waals surface area (Å²) < 4.78 is -2.08. The summed E-state index contributed by atoms with van der Waals surface area (Å²) in [4.78, 5) is 0. The molecule has 0 bridgehead atoms. The van der Waals surface area contributed by atoms with Gasteiger partial charge < -0.3 is 0 Å². The molecule has 0 radical (unpaired) electrons. The van der Waals surface area contributed by atoms with E-state index in [0.717, 1.165) is 0 Å². The molecular weight excluding hydrogens is 323 g/mol. The van der Waals surface area contributed by atoms with Crippen LogP contribution in [-0.2, 0) is 0 Å². The summed E-state index contributed by atoms with van der Waals surface area (Å²) in [5.41, 5.74) is 0. The van der Waals surface area contributed by atoms with Gasteiger partial charge in [0, 0.05) is 0 Å². The monoisotopic (exact) mass is 358 g/mol. The predicted molar refractivity (Wildman–Crippen MR) is 106 cm³/mol. The minimum absolute atomic E-state index is 1.39. The molecule has 0 heterocycles. The Hall–Kier alpha value is 1.59. The molecule has 0 rings (SSSR count). The van der Waals surface area contributed by atoms with Crippen LogP contribution in [0.4, 0.5) is 0 Å². The summed E-state index contributed by atoms with van der Waals surface area (Å²) in [6.07, 6.45) is 0. The zero-order valence-corrected chi connectivity index (χ0v) is 20.5. The van der Waals surface area contributed by atoms with Gasteiger partial charge >= 0.3 is 125 Å². The van der Waals surface area contributed by atoms with Gasteiger partial charge in [-0.15, -0.1) is 0 Å². The Labute approximate surface area is 124 Å². The molecule has 0 aromatic heterocycles. The molecule has 0 unspecified atom stereocenters. The third-order valence-corrected chi connectivity index (χ3v) is 136. The quantitative estimate of drug-likeness (QED) is 0.373. The van der Waals surface area contributed by atoms with Crippen LogP contribution < -0.4 is 0 Å².